The summed E-state index contributed by atoms with van der Waals surface area (Å²) in [6, 6.07) is 7.56. The van der Waals surface area contributed by atoms with Crippen molar-refractivity contribution in [3.8, 4) is 11.1 Å². The van der Waals surface area contributed by atoms with Crippen molar-refractivity contribution in [2.24, 2.45) is 5.73 Å². The van der Waals surface area contributed by atoms with E-state index in [0.717, 1.165) is 22.2 Å². The van der Waals surface area contributed by atoms with Gasteiger partial charge in [0.15, 0.2) is 0 Å². The Morgan fingerprint density at radius 1 is 1.10 bits per heavy atom. The molecule has 0 atom stereocenters. The van der Waals surface area contributed by atoms with Gasteiger partial charge in [-0.1, -0.05) is 24.3 Å². The Morgan fingerprint density at radius 2 is 1.75 bits per heavy atom. The first kappa shape index (κ1) is 16.5. The summed E-state index contributed by atoms with van der Waals surface area (Å²) in [4.78, 5) is 0. The van der Waals surface area contributed by atoms with E-state index in [0.29, 0.717) is 12.1 Å². The topological polar surface area (TPSA) is 43.8 Å². The molecule has 3 nitrogen and oxygen atoms in total. The molecule has 2 N–H and O–H groups in total. The number of rotatable bonds is 4. The standard InChI is InChI=1S/C13H14F3N3.ClH/c14-13(15,16)9-19-8-12(7-18-19)11-3-1-10(2-4-11)5-6-17;/h1-4,7-8H,5-6,9,17H2;1H. The summed E-state index contributed by atoms with van der Waals surface area (Å²) in [5.74, 6) is 0. The predicted molar refractivity (Wildman–Crippen MR) is 73.7 cm³/mol. The van der Waals surface area contributed by atoms with E-state index < -0.39 is 12.7 Å². The SMILES string of the molecule is Cl.NCCc1ccc(-c2cnn(CC(F)(F)F)c2)cc1. The highest BCUT2D eigenvalue weighted by molar-refractivity contribution is 5.85. The van der Waals surface area contributed by atoms with Crippen molar-refractivity contribution in [2.75, 3.05) is 6.54 Å². The lowest BCUT2D eigenvalue weighted by Gasteiger charge is -2.05. The van der Waals surface area contributed by atoms with Crippen LogP contribution >= 0.6 is 12.4 Å². The molecule has 0 saturated heterocycles. The lowest BCUT2D eigenvalue weighted by molar-refractivity contribution is -0.142. The average molecular weight is 306 g/mol. The quantitative estimate of drug-likeness (QED) is 0.943. The molecule has 0 aliphatic carbocycles. The fourth-order valence-corrected chi connectivity index (χ4v) is 1.81. The Balaban J connectivity index is 0.00000200. The van der Waals surface area contributed by atoms with Gasteiger partial charge in [-0.3, -0.25) is 4.68 Å². The van der Waals surface area contributed by atoms with E-state index in [9.17, 15) is 13.2 Å². The minimum absolute atomic E-state index is 0. The van der Waals surface area contributed by atoms with E-state index in [1.807, 2.05) is 24.3 Å². The first-order chi connectivity index (χ1) is 8.98. The summed E-state index contributed by atoms with van der Waals surface area (Å²) in [6.07, 6.45) is -0.642. The summed E-state index contributed by atoms with van der Waals surface area (Å²) < 4.78 is 37.5. The number of nitrogens with two attached hydrogens (primary N) is 1. The molecule has 0 amide bonds. The van der Waals surface area contributed by atoms with Crippen LogP contribution in [0.25, 0.3) is 11.1 Å². The fourth-order valence-electron chi connectivity index (χ4n) is 1.81. The molecule has 2 rings (SSSR count). The Labute approximate surface area is 121 Å². The summed E-state index contributed by atoms with van der Waals surface area (Å²) in [5, 5.41) is 3.71. The zero-order chi connectivity index (χ0) is 13.9. The van der Waals surface area contributed by atoms with E-state index in [1.165, 1.54) is 12.4 Å². The number of alkyl halides is 3. The van der Waals surface area contributed by atoms with Gasteiger partial charge >= 0.3 is 6.18 Å². The van der Waals surface area contributed by atoms with Crippen molar-refractivity contribution >= 4 is 12.4 Å². The summed E-state index contributed by atoms with van der Waals surface area (Å²) >= 11 is 0. The number of hydrogen-bond donors (Lipinski definition) is 1. The minimum Gasteiger partial charge on any atom is -0.330 e. The molecule has 2 aromatic rings. The van der Waals surface area contributed by atoms with Crippen LogP contribution in [-0.4, -0.2) is 22.5 Å². The Bertz CT molecular complexity index is 535. The first-order valence-electron chi connectivity index (χ1n) is 5.86. The molecule has 0 spiro atoms. The first-order valence-corrected chi connectivity index (χ1v) is 5.86. The zero-order valence-electron chi connectivity index (χ0n) is 10.6. The van der Waals surface area contributed by atoms with Crippen LogP contribution in [0.1, 0.15) is 5.56 Å². The van der Waals surface area contributed by atoms with Gasteiger partial charge < -0.3 is 5.73 Å². The maximum atomic E-state index is 12.2. The lowest BCUT2D eigenvalue weighted by Crippen LogP contribution is -2.17. The normalized spacial score (nSPS) is 11.2. The third kappa shape index (κ3) is 4.54. The van der Waals surface area contributed by atoms with Crippen LogP contribution in [0.15, 0.2) is 36.7 Å². The maximum absolute atomic E-state index is 12.2. The number of aromatic nitrogens is 2. The van der Waals surface area contributed by atoms with Gasteiger partial charge in [-0.15, -0.1) is 12.4 Å². The molecular formula is C13H15ClF3N3. The minimum atomic E-state index is -4.26. The number of hydrogen-bond acceptors (Lipinski definition) is 2. The van der Waals surface area contributed by atoms with Gasteiger partial charge in [0.2, 0.25) is 0 Å². The third-order valence-corrected chi connectivity index (χ3v) is 2.69. The highest BCUT2D eigenvalue weighted by Gasteiger charge is 2.28. The Morgan fingerprint density at radius 3 is 2.30 bits per heavy atom. The molecule has 0 unspecified atom stereocenters. The second-order valence-electron chi connectivity index (χ2n) is 4.28. The summed E-state index contributed by atoms with van der Waals surface area (Å²) in [7, 11) is 0. The lowest BCUT2D eigenvalue weighted by atomic mass is 10.1. The molecule has 0 radical (unpaired) electrons. The van der Waals surface area contributed by atoms with Gasteiger partial charge in [-0.05, 0) is 24.1 Å². The number of halogens is 4. The van der Waals surface area contributed by atoms with Gasteiger partial charge in [0, 0.05) is 11.8 Å². The highest BCUT2D eigenvalue weighted by atomic mass is 35.5. The van der Waals surface area contributed by atoms with Crippen molar-refractivity contribution < 1.29 is 13.2 Å². The van der Waals surface area contributed by atoms with E-state index in [1.54, 1.807) is 0 Å². The Hall–Kier alpha value is -1.53. The Kier molecular flexibility index (Phi) is 5.59. The fraction of sp³-hybridized carbons (Fsp3) is 0.308. The van der Waals surface area contributed by atoms with Crippen molar-refractivity contribution in [2.45, 2.75) is 19.1 Å². The molecule has 7 heteroatoms. The summed E-state index contributed by atoms with van der Waals surface area (Å²) in [5.41, 5.74) is 8.07. The molecule has 0 aliphatic rings. The van der Waals surface area contributed by atoms with E-state index in [-0.39, 0.29) is 12.4 Å². The number of benzene rings is 1. The third-order valence-electron chi connectivity index (χ3n) is 2.69. The largest absolute Gasteiger partial charge is 0.408 e. The van der Waals surface area contributed by atoms with Gasteiger partial charge in [0.25, 0.3) is 0 Å². The molecule has 20 heavy (non-hydrogen) atoms. The summed E-state index contributed by atoms with van der Waals surface area (Å²) in [6.45, 7) is -0.499. The van der Waals surface area contributed by atoms with Crippen LogP contribution < -0.4 is 5.73 Å². The molecule has 0 fully saturated rings. The van der Waals surface area contributed by atoms with Gasteiger partial charge in [0.1, 0.15) is 6.54 Å². The monoisotopic (exact) mass is 305 g/mol. The van der Waals surface area contributed by atoms with Crippen LogP contribution in [0.4, 0.5) is 13.2 Å². The molecule has 0 saturated carbocycles. The second kappa shape index (κ2) is 6.76. The van der Waals surface area contributed by atoms with E-state index >= 15 is 0 Å². The van der Waals surface area contributed by atoms with Crippen LogP contribution in [-0.2, 0) is 13.0 Å². The predicted octanol–water partition coefficient (Wildman–Crippen LogP) is 3.04. The molecule has 1 aromatic carbocycles. The maximum Gasteiger partial charge on any atom is 0.408 e. The van der Waals surface area contributed by atoms with Gasteiger partial charge in [0.05, 0.1) is 6.20 Å². The second-order valence-corrected chi connectivity index (χ2v) is 4.28. The van der Waals surface area contributed by atoms with Crippen LogP contribution in [0, 0.1) is 0 Å². The van der Waals surface area contributed by atoms with Crippen molar-refractivity contribution in [1.82, 2.24) is 9.78 Å². The van der Waals surface area contributed by atoms with Gasteiger partial charge in [-0.25, -0.2) is 0 Å². The van der Waals surface area contributed by atoms with Crippen molar-refractivity contribution in [3.05, 3.63) is 42.2 Å². The van der Waals surface area contributed by atoms with E-state index in [2.05, 4.69) is 5.10 Å². The highest BCUT2D eigenvalue weighted by Crippen LogP contribution is 2.22. The van der Waals surface area contributed by atoms with Crippen molar-refractivity contribution in [1.29, 1.82) is 0 Å². The van der Waals surface area contributed by atoms with E-state index in [4.69, 9.17) is 5.73 Å². The smallest absolute Gasteiger partial charge is 0.330 e. The molecule has 0 bridgehead atoms. The van der Waals surface area contributed by atoms with Crippen LogP contribution in [0.3, 0.4) is 0 Å². The molecule has 1 aromatic heterocycles. The molecule has 0 aliphatic heterocycles. The van der Waals surface area contributed by atoms with Crippen LogP contribution in [0.2, 0.25) is 0 Å². The van der Waals surface area contributed by atoms with Crippen molar-refractivity contribution in [3.63, 3.8) is 0 Å². The van der Waals surface area contributed by atoms with Crippen LogP contribution in [0.5, 0.6) is 0 Å². The number of nitrogens with zero attached hydrogens (tertiary/aromatic N) is 2. The zero-order valence-corrected chi connectivity index (χ0v) is 11.4. The molecule has 1 heterocycles. The molecular weight excluding hydrogens is 291 g/mol. The molecule has 110 valence electrons. The van der Waals surface area contributed by atoms with Gasteiger partial charge in [-0.2, -0.15) is 18.3 Å². The average Bonchev–Trinajstić information content (AvgIpc) is 2.76.